The summed E-state index contributed by atoms with van der Waals surface area (Å²) >= 11 is 0. The second-order valence-corrected chi connectivity index (χ2v) is 6.89. The molecule has 1 aromatic carbocycles. The average molecular weight is 347 g/mol. The van der Waals surface area contributed by atoms with Crippen LogP contribution in [0.25, 0.3) is 0 Å². The molecule has 1 N–H and O–H groups in total. The van der Waals surface area contributed by atoms with Crippen molar-refractivity contribution in [1.82, 2.24) is 0 Å². The van der Waals surface area contributed by atoms with Gasteiger partial charge in [0.2, 0.25) is 5.91 Å². The zero-order chi connectivity index (χ0) is 18.2. The number of anilines is 1. The number of carbonyl (C=O) groups excluding carboxylic acids is 2. The van der Waals surface area contributed by atoms with Crippen LogP contribution in [-0.4, -0.2) is 24.6 Å². The van der Waals surface area contributed by atoms with Crippen LogP contribution in [0.1, 0.15) is 52.9 Å². The van der Waals surface area contributed by atoms with Crippen molar-refractivity contribution < 1.29 is 19.1 Å². The third-order valence-electron chi connectivity index (χ3n) is 4.85. The molecule has 3 atom stereocenters. The number of rotatable bonds is 7. The van der Waals surface area contributed by atoms with E-state index in [9.17, 15) is 9.59 Å². The molecule has 0 saturated heterocycles. The van der Waals surface area contributed by atoms with E-state index in [4.69, 9.17) is 9.47 Å². The summed E-state index contributed by atoms with van der Waals surface area (Å²) in [4.78, 5) is 23.9. The summed E-state index contributed by atoms with van der Waals surface area (Å²) in [6, 6.07) is 7.18. The molecule has 2 rings (SSSR count). The minimum absolute atomic E-state index is 0.00729. The molecule has 0 spiro atoms. The minimum atomic E-state index is -0.284. The Labute approximate surface area is 150 Å². The first kappa shape index (κ1) is 19.3. The van der Waals surface area contributed by atoms with Crippen molar-refractivity contribution in [3.63, 3.8) is 0 Å². The molecule has 0 aromatic heterocycles. The first-order valence-electron chi connectivity index (χ1n) is 9.20. The summed E-state index contributed by atoms with van der Waals surface area (Å²) in [6.07, 6.45) is 3.19. The van der Waals surface area contributed by atoms with E-state index in [1.54, 1.807) is 24.3 Å². The van der Waals surface area contributed by atoms with Crippen molar-refractivity contribution in [3.8, 4) is 5.75 Å². The van der Waals surface area contributed by atoms with Crippen LogP contribution >= 0.6 is 0 Å². The average Bonchev–Trinajstić information content (AvgIpc) is 2.58. The zero-order valence-electron chi connectivity index (χ0n) is 15.4. The highest BCUT2D eigenvalue weighted by Gasteiger charge is 2.27. The summed E-state index contributed by atoms with van der Waals surface area (Å²) < 4.78 is 10.9. The molecule has 5 nitrogen and oxygen atoms in total. The second kappa shape index (κ2) is 9.44. The molecule has 1 aliphatic carbocycles. The van der Waals surface area contributed by atoms with E-state index in [-0.39, 0.29) is 30.8 Å². The lowest BCUT2D eigenvalue weighted by molar-refractivity contribution is -0.152. The first-order valence-corrected chi connectivity index (χ1v) is 9.20. The maximum atomic E-state index is 12.0. The molecular weight excluding hydrogens is 318 g/mol. The molecule has 0 aliphatic heterocycles. The number of esters is 1. The van der Waals surface area contributed by atoms with Gasteiger partial charge in [0.1, 0.15) is 11.9 Å². The molecule has 0 unspecified atom stereocenters. The van der Waals surface area contributed by atoms with Gasteiger partial charge in [0, 0.05) is 12.1 Å². The lowest BCUT2D eigenvalue weighted by Crippen LogP contribution is -2.29. The number of carbonyl (C=O) groups is 2. The van der Waals surface area contributed by atoms with Gasteiger partial charge in [-0.15, -0.1) is 0 Å². The van der Waals surface area contributed by atoms with Crippen molar-refractivity contribution in [2.45, 2.75) is 59.0 Å². The standard InChI is InChI=1S/C20H29NO4/c1-4-24-17-9-6-16(7-10-17)21-19(22)11-12-20(23)25-18-8-5-14(2)15(3)13-18/h6-7,9-10,14-15,18H,4-5,8,11-13H2,1-3H3,(H,21,22)/t14-,15+,18+/m0/s1. The molecule has 1 saturated carbocycles. The summed E-state index contributed by atoms with van der Waals surface area (Å²) in [7, 11) is 0. The predicted molar refractivity (Wildman–Crippen MR) is 97.5 cm³/mol. The van der Waals surface area contributed by atoms with Gasteiger partial charge in [-0.1, -0.05) is 13.8 Å². The fourth-order valence-electron chi connectivity index (χ4n) is 3.09. The Hall–Kier alpha value is -2.04. The second-order valence-electron chi connectivity index (χ2n) is 6.89. The summed E-state index contributed by atoms with van der Waals surface area (Å²) in [5.74, 6) is 1.56. The van der Waals surface area contributed by atoms with Gasteiger partial charge in [-0.05, 0) is 62.3 Å². The number of nitrogens with one attached hydrogen (secondary N) is 1. The van der Waals surface area contributed by atoms with E-state index in [2.05, 4.69) is 19.2 Å². The summed E-state index contributed by atoms with van der Waals surface area (Å²) in [6.45, 7) is 6.97. The SMILES string of the molecule is CCOc1ccc(NC(=O)CCC(=O)O[C@@H]2CC[C@H](C)[C@H](C)C2)cc1. The lowest BCUT2D eigenvalue weighted by Gasteiger charge is -2.31. The topological polar surface area (TPSA) is 64.6 Å². The Morgan fingerprint density at radius 1 is 1.08 bits per heavy atom. The number of amides is 1. The molecule has 0 heterocycles. The summed E-state index contributed by atoms with van der Waals surface area (Å²) in [5.41, 5.74) is 0.692. The Kier molecular flexibility index (Phi) is 7.29. The number of hydrogen-bond acceptors (Lipinski definition) is 4. The van der Waals surface area contributed by atoms with Gasteiger partial charge in [0.25, 0.3) is 0 Å². The van der Waals surface area contributed by atoms with Crippen LogP contribution in [0.5, 0.6) is 5.75 Å². The van der Waals surface area contributed by atoms with Gasteiger partial charge in [0.15, 0.2) is 0 Å². The van der Waals surface area contributed by atoms with Gasteiger partial charge in [-0.25, -0.2) is 0 Å². The monoisotopic (exact) mass is 347 g/mol. The van der Waals surface area contributed by atoms with E-state index in [0.29, 0.717) is 24.1 Å². The highest BCUT2D eigenvalue weighted by atomic mass is 16.5. The molecule has 25 heavy (non-hydrogen) atoms. The van der Waals surface area contributed by atoms with Crippen LogP contribution in [0.15, 0.2) is 24.3 Å². The van der Waals surface area contributed by atoms with Crippen molar-refractivity contribution in [3.05, 3.63) is 24.3 Å². The molecular formula is C20H29NO4. The number of ether oxygens (including phenoxy) is 2. The highest BCUT2D eigenvalue weighted by Crippen LogP contribution is 2.31. The predicted octanol–water partition coefficient (Wildman–Crippen LogP) is 4.17. The zero-order valence-corrected chi connectivity index (χ0v) is 15.4. The van der Waals surface area contributed by atoms with Crippen LogP contribution in [0.3, 0.4) is 0 Å². The highest BCUT2D eigenvalue weighted by molar-refractivity contribution is 5.92. The minimum Gasteiger partial charge on any atom is -0.494 e. The molecule has 138 valence electrons. The molecule has 1 fully saturated rings. The third-order valence-corrected chi connectivity index (χ3v) is 4.85. The van der Waals surface area contributed by atoms with Gasteiger partial charge in [-0.3, -0.25) is 9.59 Å². The van der Waals surface area contributed by atoms with Crippen LogP contribution in [0, 0.1) is 11.8 Å². The molecule has 1 aromatic rings. The van der Waals surface area contributed by atoms with Gasteiger partial charge >= 0.3 is 5.97 Å². The molecule has 0 bridgehead atoms. The van der Waals surface area contributed by atoms with Crippen molar-refractivity contribution in [2.75, 3.05) is 11.9 Å². The maximum absolute atomic E-state index is 12.0. The quantitative estimate of drug-likeness (QED) is 0.752. The molecule has 1 amide bonds. The number of hydrogen-bond donors (Lipinski definition) is 1. The normalized spacial score (nSPS) is 22.9. The molecule has 0 radical (unpaired) electrons. The Morgan fingerprint density at radius 3 is 2.44 bits per heavy atom. The Morgan fingerprint density at radius 2 is 1.80 bits per heavy atom. The Balaban J connectivity index is 1.69. The van der Waals surface area contributed by atoms with Gasteiger partial charge in [0.05, 0.1) is 13.0 Å². The van der Waals surface area contributed by atoms with Crippen LogP contribution in [0.2, 0.25) is 0 Å². The van der Waals surface area contributed by atoms with E-state index >= 15 is 0 Å². The van der Waals surface area contributed by atoms with E-state index < -0.39 is 0 Å². The maximum Gasteiger partial charge on any atom is 0.306 e. The van der Waals surface area contributed by atoms with Crippen molar-refractivity contribution >= 4 is 17.6 Å². The van der Waals surface area contributed by atoms with Crippen LogP contribution < -0.4 is 10.1 Å². The van der Waals surface area contributed by atoms with Crippen molar-refractivity contribution in [1.29, 1.82) is 0 Å². The first-order chi connectivity index (χ1) is 12.0. The number of benzene rings is 1. The Bertz CT molecular complexity index is 570. The van der Waals surface area contributed by atoms with Crippen LogP contribution in [-0.2, 0) is 14.3 Å². The fraction of sp³-hybridized carbons (Fsp3) is 0.600. The largest absolute Gasteiger partial charge is 0.494 e. The fourth-order valence-corrected chi connectivity index (χ4v) is 3.09. The lowest BCUT2D eigenvalue weighted by atomic mass is 9.80. The molecule has 5 heteroatoms. The van der Waals surface area contributed by atoms with Gasteiger partial charge in [-0.2, -0.15) is 0 Å². The van der Waals surface area contributed by atoms with Gasteiger partial charge < -0.3 is 14.8 Å². The smallest absolute Gasteiger partial charge is 0.306 e. The van der Waals surface area contributed by atoms with E-state index in [1.165, 1.54) is 0 Å². The van der Waals surface area contributed by atoms with Crippen molar-refractivity contribution in [2.24, 2.45) is 11.8 Å². The van der Waals surface area contributed by atoms with E-state index in [1.807, 2.05) is 6.92 Å². The third kappa shape index (κ3) is 6.40. The summed E-state index contributed by atoms with van der Waals surface area (Å²) in [5, 5.41) is 2.78. The van der Waals surface area contributed by atoms with Crippen LogP contribution in [0.4, 0.5) is 5.69 Å². The molecule has 1 aliphatic rings. The van der Waals surface area contributed by atoms with E-state index in [0.717, 1.165) is 25.0 Å².